The number of ether oxygens (including phenoxy) is 1. The van der Waals surface area contributed by atoms with Crippen LogP contribution in [0.5, 0.6) is 5.75 Å². The van der Waals surface area contributed by atoms with Crippen molar-refractivity contribution in [3.8, 4) is 5.75 Å². The van der Waals surface area contributed by atoms with E-state index in [2.05, 4.69) is 4.98 Å². The van der Waals surface area contributed by atoms with Crippen molar-refractivity contribution in [2.75, 3.05) is 26.9 Å². The summed E-state index contributed by atoms with van der Waals surface area (Å²) < 4.78 is 32.6. The van der Waals surface area contributed by atoms with E-state index in [1.54, 1.807) is 38.6 Å². The number of carbonyl (C=O) groups is 2. The number of hydrogen-bond donors (Lipinski definition) is 2. The third kappa shape index (κ3) is 5.23. The predicted octanol–water partition coefficient (Wildman–Crippen LogP) is 3.20. The van der Waals surface area contributed by atoms with Gasteiger partial charge in [-0.2, -0.15) is 0 Å². The SMILES string of the molecule is COc1ccc(S(=O)(=O)c2c(C)c(N)c(C=CC(=O)N(C)C)c(Cc3cccnc3)c2C(=O)O)cc1. The number of carboxylic acids is 1. The van der Waals surface area contributed by atoms with E-state index < -0.39 is 26.3 Å². The van der Waals surface area contributed by atoms with E-state index in [1.165, 1.54) is 55.4 Å². The van der Waals surface area contributed by atoms with Crippen LogP contribution in [-0.2, 0) is 21.1 Å². The van der Waals surface area contributed by atoms with E-state index in [4.69, 9.17) is 10.5 Å². The molecule has 0 aliphatic heterocycles. The zero-order chi connectivity index (χ0) is 26.6. The van der Waals surface area contributed by atoms with Gasteiger partial charge in [-0.15, -0.1) is 0 Å². The van der Waals surface area contributed by atoms with Gasteiger partial charge in [0.2, 0.25) is 15.7 Å². The number of rotatable bonds is 8. The van der Waals surface area contributed by atoms with E-state index in [1.807, 2.05) is 0 Å². The summed E-state index contributed by atoms with van der Waals surface area (Å²) in [6.45, 7) is 1.46. The summed E-state index contributed by atoms with van der Waals surface area (Å²) in [4.78, 5) is 29.8. The van der Waals surface area contributed by atoms with Crippen LogP contribution in [0, 0.1) is 6.92 Å². The summed E-state index contributed by atoms with van der Waals surface area (Å²) in [5, 5.41) is 10.3. The van der Waals surface area contributed by atoms with Crippen LogP contribution >= 0.6 is 0 Å². The monoisotopic (exact) mass is 509 g/mol. The highest BCUT2D eigenvalue weighted by molar-refractivity contribution is 7.91. The van der Waals surface area contributed by atoms with Crippen molar-refractivity contribution in [2.45, 2.75) is 23.1 Å². The number of hydrogen-bond acceptors (Lipinski definition) is 7. The van der Waals surface area contributed by atoms with Gasteiger partial charge in [0.05, 0.1) is 22.5 Å². The molecule has 0 aliphatic carbocycles. The lowest BCUT2D eigenvalue weighted by molar-refractivity contribution is -0.123. The smallest absolute Gasteiger partial charge is 0.337 e. The van der Waals surface area contributed by atoms with Gasteiger partial charge < -0.3 is 20.5 Å². The molecule has 1 heterocycles. The van der Waals surface area contributed by atoms with Crippen LogP contribution in [0.1, 0.15) is 32.6 Å². The van der Waals surface area contributed by atoms with Gasteiger partial charge in [0, 0.05) is 50.2 Å². The van der Waals surface area contributed by atoms with Crippen LogP contribution < -0.4 is 10.5 Å². The number of aromatic nitrogens is 1. The summed E-state index contributed by atoms with van der Waals surface area (Å²) in [7, 11) is 0.302. The fourth-order valence-corrected chi connectivity index (χ4v) is 5.49. The van der Waals surface area contributed by atoms with E-state index in [9.17, 15) is 23.1 Å². The highest BCUT2D eigenvalue weighted by Crippen LogP contribution is 2.38. The molecule has 0 aliphatic rings. The standard InChI is InChI=1S/C26H27N3O6S/c1-16-24(27)20(11-12-22(30)29(2)3)21(14-17-6-5-13-28-15-17)23(26(31)32)25(16)36(33,34)19-9-7-18(35-4)8-10-19/h5-13,15H,14,27H2,1-4H3,(H,31,32). The average molecular weight is 510 g/mol. The molecule has 188 valence electrons. The normalized spacial score (nSPS) is 11.4. The third-order valence-electron chi connectivity index (χ3n) is 5.68. The van der Waals surface area contributed by atoms with Crippen molar-refractivity contribution in [2.24, 2.45) is 0 Å². The average Bonchev–Trinajstić information content (AvgIpc) is 2.85. The second-order valence-electron chi connectivity index (χ2n) is 8.22. The molecule has 2 aromatic carbocycles. The molecule has 1 aromatic heterocycles. The first-order valence-electron chi connectivity index (χ1n) is 10.8. The van der Waals surface area contributed by atoms with Crippen LogP contribution in [0.2, 0.25) is 0 Å². The molecule has 3 aromatic rings. The van der Waals surface area contributed by atoms with Crippen LogP contribution in [0.15, 0.2) is 64.7 Å². The Balaban J connectivity index is 2.38. The first-order chi connectivity index (χ1) is 17.0. The molecule has 0 bridgehead atoms. The number of nitrogens with two attached hydrogens (primary N) is 1. The van der Waals surface area contributed by atoms with Crippen molar-refractivity contribution in [3.63, 3.8) is 0 Å². The van der Waals surface area contributed by atoms with Gasteiger partial charge in [-0.25, -0.2) is 13.2 Å². The third-order valence-corrected chi connectivity index (χ3v) is 7.62. The Bertz CT molecular complexity index is 1430. The maximum Gasteiger partial charge on any atom is 0.337 e. The van der Waals surface area contributed by atoms with Crippen LogP contribution in [-0.4, -0.2) is 56.5 Å². The highest BCUT2D eigenvalue weighted by Gasteiger charge is 2.32. The number of amides is 1. The number of nitrogens with zero attached hydrogens (tertiary/aromatic N) is 2. The Hall–Kier alpha value is -4.18. The minimum Gasteiger partial charge on any atom is -0.497 e. The summed E-state index contributed by atoms with van der Waals surface area (Å²) in [5.41, 5.74) is 7.22. The molecule has 10 heteroatoms. The van der Waals surface area contributed by atoms with Gasteiger partial charge >= 0.3 is 5.97 Å². The highest BCUT2D eigenvalue weighted by atomic mass is 32.2. The van der Waals surface area contributed by atoms with Crippen molar-refractivity contribution >= 4 is 33.5 Å². The molecular formula is C26H27N3O6S. The van der Waals surface area contributed by atoms with Gasteiger partial charge in [-0.1, -0.05) is 6.07 Å². The lowest BCUT2D eigenvalue weighted by Crippen LogP contribution is -2.20. The summed E-state index contributed by atoms with van der Waals surface area (Å²) in [5.74, 6) is -1.32. The lowest BCUT2D eigenvalue weighted by atomic mass is 9.91. The molecule has 0 unspecified atom stereocenters. The second-order valence-corrected chi connectivity index (χ2v) is 10.1. The molecule has 0 spiro atoms. The van der Waals surface area contributed by atoms with Crippen molar-refractivity contribution in [3.05, 3.63) is 82.7 Å². The Morgan fingerprint density at radius 3 is 2.36 bits per heavy atom. The molecule has 0 saturated carbocycles. The molecule has 3 N–H and O–H groups in total. The van der Waals surface area contributed by atoms with Crippen molar-refractivity contribution in [1.82, 2.24) is 9.88 Å². The Kier molecular flexibility index (Phi) is 7.79. The van der Waals surface area contributed by atoms with E-state index >= 15 is 0 Å². The maximum absolute atomic E-state index is 13.8. The molecule has 1 amide bonds. The second kappa shape index (κ2) is 10.6. The first-order valence-corrected chi connectivity index (χ1v) is 12.3. The Morgan fingerprint density at radius 1 is 1.17 bits per heavy atom. The zero-order valence-electron chi connectivity index (χ0n) is 20.3. The van der Waals surface area contributed by atoms with Gasteiger partial charge in [-0.3, -0.25) is 9.78 Å². The molecule has 9 nitrogen and oxygen atoms in total. The maximum atomic E-state index is 13.8. The quantitative estimate of drug-likeness (QED) is 0.348. The molecular weight excluding hydrogens is 482 g/mol. The molecule has 36 heavy (non-hydrogen) atoms. The van der Waals surface area contributed by atoms with Gasteiger partial charge in [0.15, 0.2) is 0 Å². The van der Waals surface area contributed by atoms with Gasteiger partial charge in [0.1, 0.15) is 5.75 Å². The molecule has 0 atom stereocenters. The Morgan fingerprint density at radius 2 is 1.83 bits per heavy atom. The number of aromatic carboxylic acids is 1. The zero-order valence-corrected chi connectivity index (χ0v) is 21.2. The number of carbonyl (C=O) groups excluding carboxylic acids is 1. The van der Waals surface area contributed by atoms with Crippen LogP contribution in [0.3, 0.4) is 0 Å². The molecule has 3 rings (SSSR count). The number of anilines is 1. The summed E-state index contributed by atoms with van der Waals surface area (Å²) >= 11 is 0. The molecule has 0 fully saturated rings. The lowest BCUT2D eigenvalue weighted by Gasteiger charge is -2.21. The predicted molar refractivity (Wildman–Crippen MR) is 136 cm³/mol. The van der Waals surface area contributed by atoms with Gasteiger partial charge in [-0.05, 0) is 60.0 Å². The number of pyridine rings is 1. The number of methoxy groups -OCH3 is 1. The minimum absolute atomic E-state index is 0.0287. The van der Waals surface area contributed by atoms with E-state index in [-0.39, 0.29) is 39.6 Å². The largest absolute Gasteiger partial charge is 0.497 e. The Labute approximate surface area is 209 Å². The summed E-state index contributed by atoms with van der Waals surface area (Å²) in [6.07, 6.45) is 5.84. The summed E-state index contributed by atoms with van der Waals surface area (Å²) in [6, 6.07) is 9.08. The van der Waals surface area contributed by atoms with Crippen LogP contribution in [0.25, 0.3) is 6.08 Å². The fourth-order valence-electron chi connectivity index (χ4n) is 3.77. The molecule has 0 saturated heterocycles. The fraction of sp³-hybridized carbons (Fsp3) is 0.192. The number of likely N-dealkylation sites (N-methyl/N-ethyl adjacent to an activating group) is 1. The van der Waals surface area contributed by atoms with Gasteiger partial charge in [0.25, 0.3) is 0 Å². The first kappa shape index (κ1) is 26.4. The minimum atomic E-state index is -4.30. The van der Waals surface area contributed by atoms with E-state index in [0.29, 0.717) is 11.3 Å². The molecule has 0 radical (unpaired) electrons. The number of sulfone groups is 1. The topological polar surface area (TPSA) is 140 Å². The van der Waals surface area contributed by atoms with Crippen LogP contribution in [0.4, 0.5) is 5.69 Å². The number of nitrogen functional groups attached to an aromatic ring is 1. The van der Waals surface area contributed by atoms with E-state index in [0.717, 1.165) is 0 Å². The van der Waals surface area contributed by atoms with Crippen molar-refractivity contribution < 1.29 is 27.9 Å². The number of carboxylic acid groups (broad SMARTS) is 1. The van der Waals surface area contributed by atoms with Crippen molar-refractivity contribution in [1.29, 1.82) is 0 Å². The number of benzene rings is 2.